The number of hydrogen-bond acceptors (Lipinski definition) is 5. The van der Waals surface area contributed by atoms with E-state index in [0.717, 1.165) is 42.9 Å². The van der Waals surface area contributed by atoms with Gasteiger partial charge in [-0.25, -0.2) is 14.8 Å². The van der Waals surface area contributed by atoms with Crippen LogP contribution in [0, 0.1) is 0 Å². The molecule has 0 amide bonds. The number of carbonyl (C=O) groups is 1. The molecule has 5 nitrogen and oxygen atoms in total. The van der Waals surface area contributed by atoms with E-state index in [1.807, 2.05) is 0 Å². The number of hydrogen-bond donors (Lipinski definition) is 1. The maximum atomic E-state index is 12.0. The minimum atomic E-state index is -0.343. The zero-order chi connectivity index (χ0) is 13.9. The highest BCUT2D eigenvalue weighted by atomic mass is 16.5. The fourth-order valence-corrected chi connectivity index (χ4v) is 3.17. The van der Waals surface area contributed by atoms with Gasteiger partial charge in [-0.15, -0.1) is 0 Å². The Morgan fingerprint density at radius 2 is 2.05 bits per heavy atom. The molecule has 0 aromatic carbocycles. The number of rotatable bonds is 2. The fraction of sp³-hybridized carbons (Fsp3) is 0.667. The van der Waals surface area contributed by atoms with Gasteiger partial charge in [-0.05, 0) is 12.8 Å². The first kappa shape index (κ1) is 13.5. The van der Waals surface area contributed by atoms with E-state index in [2.05, 4.69) is 10.3 Å². The lowest BCUT2D eigenvalue weighted by atomic mass is 9.88. The Bertz CT molecular complexity index is 510. The number of nitrogens with one attached hydrogen (secondary N) is 1. The van der Waals surface area contributed by atoms with Crippen LogP contribution in [0.15, 0.2) is 0 Å². The molecular formula is C15H21N3O2. The van der Waals surface area contributed by atoms with Crippen LogP contribution in [-0.2, 0) is 17.7 Å². The summed E-state index contributed by atoms with van der Waals surface area (Å²) >= 11 is 0. The van der Waals surface area contributed by atoms with E-state index in [4.69, 9.17) is 9.72 Å². The summed E-state index contributed by atoms with van der Waals surface area (Å²) in [6.07, 6.45) is 6.91. The molecule has 1 aromatic rings. The third-order valence-corrected chi connectivity index (χ3v) is 4.30. The Labute approximate surface area is 119 Å². The molecule has 2 heterocycles. The fourth-order valence-electron chi connectivity index (χ4n) is 3.17. The summed E-state index contributed by atoms with van der Waals surface area (Å²) in [6, 6.07) is 0. The van der Waals surface area contributed by atoms with Crippen molar-refractivity contribution in [1.29, 1.82) is 0 Å². The van der Waals surface area contributed by atoms with Crippen LogP contribution in [0.1, 0.15) is 65.6 Å². The number of carbonyl (C=O) groups excluding carboxylic acids is 1. The van der Waals surface area contributed by atoms with Gasteiger partial charge in [-0.3, -0.25) is 0 Å². The normalized spacial score (nSPS) is 19.4. The summed E-state index contributed by atoms with van der Waals surface area (Å²) in [5.41, 5.74) is 2.41. The van der Waals surface area contributed by atoms with Crippen LogP contribution in [0.2, 0.25) is 0 Å². The SMILES string of the molecule is COC(=O)c1nc(C2CCCCC2)nc2c1CNCC2. The number of nitrogens with zero attached hydrogens (tertiary/aromatic N) is 2. The summed E-state index contributed by atoms with van der Waals surface area (Å²) < 4.78 is 4.89. The van der Waals surface area contributed by atoms with Gasteiger partial charge in [0.15, 0.2) is 5.69 Å². The monoisotopic (exact) mass is 275 g/mol. The Kier molecular flexibility index (Phi) is 3.96. The van der Waals surface area contributed by atoms with Crippen molar-refractivity contribution in [2.75, 3.05) is 13.7 Å². The molecular weight excluding hydrogens is 254 g/mol. The van der Waals surface area contributed by atoms with Crippen molar-refractivity contribution in [3.05, 3.63) is 22.8 Å². The van der Waals surface area contributed by atoms with Gasteiger partial charge in [0, 0.05) is 31.0 Å². The standard InChI is InChI=1S/C15H21N3O2/c1-20-15(19)13-11-9-16-8-7-12(11)17-14(18-13)10-5-3-2-4-6-10/h10,16H,2-9H2,1H3. The molecule has 20 heavy (non-hydrogen) atoms. The van der Waals surface area contributed by atoms with Gasteiger partial charge < -0.3 is 10.1 Å². The molecule has 0 spiro atoms. The largest absolute Gasteiger partial charge is 0.464 e. The molecule has 1 aromatic heterocycles. The average Bonchev–Trinajstić information content (AvgIpc) is 2.54. The maximum absolute atomic E-state index is 12.0. The summed E-state index contributed by atoms with van der Waals surface area (Å²) in [6.45, 7) is 1.57. The Hall–Kier alpha value is -1.49. The van der Waals surface area contributed by atoms with Gasteiger partial charge in [0.05, 0.1) is 12.8 Å². The quantitative estimate of drug-likeness (QED) is 0.836. The molecule has 108 valence electrons. The van der Waals surface area contributed by atoms with E-state index in [1.54, 1.807) is 0 Å². The van der Waals surface area contributed by atoms with Crippen molar-refractivity contribution in [3.8, 4) is 0 Å². The number of aromatic nitrogens is 2. The van der Waals surface area contributed by atoms with E-state index in [1.165, 1.54) is 26.4 Å². The van der Waals surface area contributed by atoms with Gasteiger partial charge in [0.25, 0.3) is 0 Å². The zero-order valence-electron chi connectivity index (χ0n) is 11.9. The van der Waals surface area contributed by atoms with E-state index in [0.29, 0.717) is 18.2 Å². The second-order valence-corrected chi connectivity index (χ2v) is 5.61. The number of methoxy groups -OCH3 is 1. The predicted molar refractivity (Wildman–Crippen MR) is 74.6 cm³/mol. The van der Waals surface area contributed by atoms with Crippen LogP contribution < -0.4 is 5.32 Å². The highest BCUT2D eigenvalue weighted by molar-refractivity contribution is 5.89. The molecule has 1 aliphatic carbocycles. The molecule has 5 heteroatoms. The van der Waals surface area contributed by atoms with Crippen molar-refractivity contribution in [1.82, 2.24) is 15.3 Å². The molecule has 1 fully saturated rings. The van der Waals surface area contributed by atoms with Crippen LogP contribution >= 0.6 is 0 Å². The lowest BCUT2D eigenvalue weighted by Crippen LogP contribution is -2.29. The highest BCUT2D eigenvalue weighted by Crippen LogP contribution is 2.31. The van der Waals surface area contributed by atoms with Crippen molar-refractivity contribution < 1.29 is 9.53 Å². The first-order valence-electron chi connectivity index (χ1n) is 7.48. The summed E-state index contributed by atoms with van der Waals surface area (Å²) in [5, 5.41) is 3.27. The molecule has 0 saturated heterocycles. The zero-order valence-corrected chi connectivity index (χ0v) is 11.9. The van der Waals surface area contributed by atoms with Crippen LogP contribution in [-0.4, -0.2) is 29.6 Å². The van der Waals surface area contributed by atoms with Gasteiger partial charge >= 0.3 is 5.97 Å². The smallest absolute Gasteiger partial charge is 0.357 e. The third kappa shape index (κ3) is 2.54. The molecule has 1 aliphatic heterocycles. The maximum Gasteiger partial charge on any atom is 0.357 e. The second kappa shape index (κ2) is 5.87. The lowest BCUT2D eigenvalue weighted by Gasteiger charge is -2.24. The van der Waals surface area contributed by atoms with Crippen molar-refractivity contribution >= 4 is 5.97 Å². The van der Waals surface area contributed by atoms with Crippen LogP contribution in [0.3, 0.4) is 0 Å². The molecule has 2 aliphatic rings. The third-order valence-electron chi connectivity index (χ3n) is 4.30. The van der Waals surface area contributed by atoms with Crippen LogP contribution in [0.4, 0.5) is 0 Å². The molecule has 1 N–H and O–H groups in total. The van der Waals surface area contributed by atoms with Crippen LogP contribution in [0.5, 0.6) is 0 Å². The molecule has 1 saturated carbocycles. The van der Waals surface area contributed by atoms with E-state index in [9.17, 15) is 4.79 Å². The molecule has 0 radical (unpaired) electrons. The minimum Gasteiger partial charge on any atom is -0.464 e. The van der Waals surface area contributed by atoms with E-state index < -0.39 is 0 Å². The van der Waals surface area contributed by atoms with Gasteiger partial charge in [0.2, 0.25) is 0 Å². The summed E-state index contributed by atoms with van der Waals surface area (Å²) in [5.74, 6) is 0.919. The Balaban J connectivity index is 2.00. The minimum absolute atomic E-state index is 0.343. The molecule has 0 bridgehead atoms. The number of fused-ring (bicyclic) bond motifs is 1. The first-order valence-corrected chi connectivity index (χ1v) is 7.48. The predicted octanol–water partition coefficient (Wildman–Crippen LogP) is 1.96. The van der Waals surface area contributed by atoms with E-state index >= 15 is 0 Å². The molecule has 3 rings (SSSR count). The van der Waals surface area contributed by atoms with Gasteiger partial charge in [-0.1, -0.05) is 19.3 Å². The van der Waals surface area contributed by atoms with Crippen molar-refractivity contribution in [2.24, 2.45) is 0 Å². The second-order valence-electron chi connectivity index (χ2n) is 5.61. The first-order chi connectivity index (χ1) is 9.79. The van der Waals surface area contributed by atoms with Gasteiger partial charge in [-0.2, -0.15) is 0 Å². The number of ether oxygens (including phenoxy) is 1. The topological polar surface area (TPSA) is 64.1 Å². The van der Waals surface area contributed by atoms with E-state index in [-0.39, 0.29) is 5.97 Å². The summed E-state index contributed by atoms with van der Waals surface area (Å²) in [4.78, 5) is 21.3. The Morgan fingerprint density at radius 1 is 1.25 bits per heavy atom. The molecule has 0 unspecified atom stereocenters. The number of esters is 1. The summed E-state index contributed by atoms with van der Waals surface area (Å²) in [7, 11) is 1.41. The van der Waals surface area contributed by atoms with Gasteiger partial charge in [0.1, 0.15) is 5.82 Å². The highest BCUT2D eigenvalue weighted by Gasteiger charge is 2.26. The Morgan fingerprint density at radius 3 is 2.80 bits per heavy atom. The molecule has 0 atom stereocenters. The average molecular weight is 275 g/mol. The lowest BCUT2D eigenvalue weighted by molar-refractivity contribution is 0.0591. The van der Waals surface area contributed by atoms with Crippen molar-refractivity contribution in [2.45, 2.75) is 51.0 Å². The van der Waals surface area contributed by atoms with Crippen molar-refractivity contribution in [3.63, 3.8) is 0 Å². The van der Waals surface area contributed by atoms with Crippen LogP contribution in [0.25, 0.3) is 0 Å².